The summed E-state index contributed by atoms with van der Waals surface area (Å²) in [5.74, 6) is -0.588. The minimum absolute atomic E-state index is 0.0649. The summed E-state index contributed by atoms with van der Waals surface area (Å²) in [4.78, 5) is 24.3. The van der Waals surface area contributed by atoms with Gasteiger partial charge in [-0.05, 0) is 64.2 Å². The molecule has 0 fully saturated rings. The van der Waals surface area contributed by atoms with Gasteiger partial charge in [0.15, 0.2) is 6.10 Å². The molecule has 0 aliphatic rings. The van der Waals surface area contributed by atoms with E-state index >= 15 is 0 Å². The van der Waals surface area contributed by atoms with Crippen molar-refractivity contribution in [2.24, 2.45) is 0 Å². The summed E-state index contributed by atoms with van der Waals surface area (Å²) in [5.41, 5.74) is 0. The van der Waals surface area contributed by atoms with E-state index in [-0.39, 0.29) is 25.2 Å². The Hall–Kier alpha value is -1.62. The molecule has 1 atom stereocenters. The molecule has 0 saturated heterocycles. The van der Waals surface area contributed by atoms with Crippen molar-refractivity contribution in [3.8, 4) is 0 Å². The van der Waals surface area contributed by atoms with Crippen LogP contribution in [0.25, 0.3) is 0 Å². The summed E-state index contributed by atoms with van der Waals surface area (Å²) < 4.78 is 10.6. The second-order valence-corrected chi connectivity index (χ2v) is 14.8. The molecule has 0 spiro atoms. The molecule has 0 amide bonds. The molecule has 0 aromatic carbocycles. The maximum Gasteiger partial charge on any atom is 0.306 e. The highest BCUT2D eigenvalue weighted by molar-refractivity contribution is 5.70. The first-order valence-corrected chi connectivity index (χ1v) is 21.9. The van der Waals surface area contributed by atoms with Crippen LogP contribution in [0.1, 0.15) is 232 Å². The first kappa shape index (κ1) is 48.4. The van der Waals surface area contributed by atoms with E-state index in [4.69, 9.17) is 9.47 Å². The summed E-state index contributed by atoms with van der Waals surface area (Å²) in [6.45, 7) is 4.14. The van der Waals surface area contributed by atoms with Crippen molar-refractivity contribution >= 4 is 11.9 Å². The third-order valence-electron chi connectivity index (χ3n) is 9.72. The van der Waals surface area contributed by atoms with Crippen LogP contribution in [0.15, 0.2) is 24.3 Å². The van der Waals surface area contributed by atoms with Crippen molar-refractivity contribution in [1.29, 1.82) is 0 Å². The highest BCUT2D eigenvalue weighted by Gasteiger charge is 2.16. The largest absolute Gasteiger partial charge is 0.462 e. The minimum atomic E-state index is -0.770. The van der Waals surface area contributed by atoms with Gasteiger partial charge in [-0.1, -0.05) is 179 Å². The maximum atomic E-state index is 12.2. The lowest BCUT2D eigenvalue weighted by molar-refractivity contribution is -0.161. The van der Waals surface area contributed by atoms with E-state index in [0.717, 1.165) is 38.5 Å². The van der Waals surface area contributed by atoms with Crippen molar-refractivity contribution in [3.05, 3.63) is 24.3 Å². The Kier molecular flexibility index (Phi) is 40.4. The first-order chi connectivity index (χ1) is 24.6. The Balaban J connectivity index is 3.50. The zero-order valence-corrected chi connectivity index (χ0v) is 33.4. The summed E-state index contributed by atoms with van der Waals surface area (Å²) in [6.07, 6.45) is 49.6. The molecule has 1 N–H and O–H groups in total. The van der Waals surface area contributed by atoms with Gasteiger partial charge in [-0.2, -0.15) is 0 Å². The van der Waals surface area contributed by atoms with E-state index in [0.29, 0.717) is 12.8 Å². The van der Waals surface area contributed by atoms with E-state index in [1.165, 1.54) is 167 Å². The number of rotatable bonds is 40. The van der Waals surface area contributed by atoms with Gasteiger partial charge in [0.2, 0.25) is 0 Å². The van der Waals surface area contributed by atoms with Crippen LogP contribution < -0.4 is 0 Å². The number of aliphatic hydroxyl groups excluding tert-OH is 1. The van der Waals surface area contributed by atoms with E-state index in [2.05, 4.69) is 38.2 Å². The molecule has 5 heteroatoms. The molecule has 0 radical (unpaired) electrons. The Morgan fingerprint density at radius 2 is 0.740 bits per heavy atom. The molecule has 294 valence electrons. The van der Waals surface area contributed by atoms with Crippen LogP contribution in [-0.2, 0) is 19.1 Å². The van der Waals surface area contributed by atoms with Crippen molar-refractivity contribution < 1.29 is 24.2 Å². The number of aliphatic hydroxyl groups is 1. The van der Waals surface area contributed by atoms with Crippen molar-refractivity contribution in [1.82, 2.24) is 0 Å². The standard InChI is InChI=1S/C45H84O5/c1-3-5-7-9-11-13-15-17-19-20-21-22-23-24-26-28-30-32-34-36-38-40-45(48)50-43(41-46)42-49-44(47)39-37-35-33-31-29-27-25-18-16-14-12-10-8-6-4-2/h14,16-17,19,43,46H,3-13,15,18,20-42H2,1-2H3/b16-14-,19-17-/t43-/m0/s1. The molecule has 0 unspecified atom stereocenters. The van der Waals surface area contributed by atoms with Crippen LogP contribution in [-0.4, -0.2) is 36.4 Å². The Bertz CT molecular complexity index is 761. The van der Waals surface area contributed by atoms with Gasteiger partial charge in [0, 0.05) is 12.8 Å². The third-order valence-corrected chi connectivity index (χ3v) is 9.72. The van der Waals surface area contributed by atoms with Crippen LogP contribution in [0.4, 0.5) is 0 Å². The normalized spacial score (nSPS) is 12.3. The first-order valence-electron chi connectivity index (χ1n) is 21.9. The molecular formula is C45H84O5. The van der Waals surface area contributed by atoms with Crippen LogP contribution >= 0.6 is 0 Å². The van der Waals surface area contributed by atoms with Crippen molar-refractivity contribution in [2.75, 3.05) is 13.2 Å². The number of hydrogen-bond acceptors (Lipinski definition) is 5. The number of carbonyl (C=O) groups is 2. The Morgan fingerprint density at radius 3 is 1.10 bits per heavy atom. The smallest absolute Gasteiger partial charge is 0.306 e. The lowest BCUT2D eigenvalue weighted by atomic mass is 10.0. The zero-order chi connectivity index (χ0) is 36.4. The second-order valence-electron chi connectivity index (χ2n) is 14.8. The van der Waals surface area contributed by atoms with Gasteiger partial charge in [-0.25, -0.2) is 0 Å². The molecule has 5 nitrogen and oxygen atoms in total. The highest BCUT2D eigenvalue weighted by atomic mass is 16.6. The summed E-state index contributed by atoms with van der Waals surface area (Å²) >= 11 is 0. The second kappa shape index (κ2) is 41.8. The molecule has 0 aliphatic carbocycles. The average Bonchev–Trinajstić information content (AvgIpc) is 3.12. The van der Waals surface area contributed by atoms with Gasteiger partial charge in [-0.15, -0.1) is 0 Å². The molecule has 0 heterocycles. The fourth-order valence-electron chi connectivity index (χ4n) is 6.37. The zero-order valence-electron chi connectivity index (χ0n) is 33.4. The number of carbonyl (C=O) groups excluding carboxylic acids is 2. The van der Waals surface area contributed by atoms with Crippen molar-refractivity contribution in [3.63, 3.8) is 0 Å². The molecule has 0 aromatic heterocycles. The van der Waals surface area contributed by atoms with Gasteiger partial charge >= 0.3 is 11.9 Å². The van der Waals surface area contributed by atoms with Crippen LogP contribution in [0.5, 0.6) is 0 Å². The topological polar surface area (TPSA) is 72.8 Å². The SMILES string of the molecule is CCCCCC/C=C\CCCCCCCCCC(=O)OC[C@H](CO)OC(=O)CCCCCCCCCCCCC/C=C\CCCCCCCC. The van der Waals surface area contributed by atoms with Crippen LogP contribution in [0.3, 0.4) is 0 Å². The monoisotopic (exact) mass is 705 g/mol. The molecule has 0 aromatic rings. The number of hydrogen-bond donors (Lipinski definition) is 1. The van der Waals surface area contributed by atoms with E-state index < -0.39 is 6.10 Å². The van der Waals surface area contributed by atoms with Gasteiger partial charge in [0.1, 0.15) is 6.61 Å². The molecular weight excluding hydrogens is 620 g/mol. The van der Waals surface area contributed by atoms with Gasteiger partial charge in [-0.3, -0.25) is 9.59 Å². The number of esters is 2. The highest BCUT2D eigenvalue weighted by Crippen LogP contribution is 2.15. The van der Waals surface area contributed by atoms with Crippen LogP contribution in [0.2, 0.25) is 0 Å². The predicted molar refractivity (Wildman–Crippen MR) is 215 cm³/mol. The summed E-state index contributed by atoms with van der Waals surface area (Å²) in [6, 6.07) is 0. The van der Waals surface area contributed by atoms with Crippen molar-refractivity contribution in [2.45, 2.75) is 238 Å². The van der Waals surface area contributed by atoms with Crippen LogP contribution in [0, 0.1) is 0 Å². The van der Waals surface area contributed by atoms with E-state index in [1.807, 2.05) is 0 Å². The fourth-order valence-corrected chi connectivity index (χ4v) is 6.37. The summed E-state index contributed by atoms with van der Waals surface area (Å²) in [5, 5.41) is 9.58. The number of unbranched alkanes of at least 4 members (excludes halogenated alkanes) is 28. The van der Waals surface area contributed by atoms with Gasteiger partial charge in [0.05, 0.1) is 6.61 Å². The minimum Gasteiger partial charge on any atom is -0.462 e. The maximum absolute atomic E-state index is 12.2. The molecule has 0 bridgehead atoms. The number of ether oxygens (including phenoxy) is 2. The predicted octanol–water partition coefficient (Wildman–Crippen LogP) is 13.8. The Labute approximate surface area is 311 Å². The quantitative estimate of drug-likeness (QED) is 0.0390. The fraction of sp³-hybridized carbons (Fsp3) is 0.867. The van der Waals surface area contributed by atoms with E-state index in [1.54, 1.807) is 0 Å². The molecule has 0 saturated carbocycles. The van der Waals surface area contributed by atoms with Gasteiger partial charge in [0.25, 0.3) is 0 Å². The molecule has 50 heavy (non-hydrogen) atoms. The van der Waals surface area contributed by atoms with E-state index in [9.17, 15) is 14.7 Å². The molecule has 0 aliphatic heterocycles. The Morgan fingerprint density at radius 1 is 0.440 bits per heavy atom. The average molecular weight is 705 g/mol. The summed E-state index contributed by atoms with van der Waals surface area (Å²) in [7, 11) is 0. The third kappa shape index (κ3) is 39.2. The molecule has 0 rings (SSSR count). The van der Waals surface area contributed by atoms with Gasteiger partial charge < -0.3 is 14.6 Å². The lowest BCUT2D eigenvalue weighted by Gasteiger charge is -2.15. The number of allylic oxidation sites excluding steroid dienone is 4. The lowest BCUT2D eigenvalue weighted by Crippen LogP contribution is -2.28.